The van der Waals surface area contributed by atoms with E-state index in [2.05, 4.69) is 17.2 Å². The molecule has 120 valence electrons. The molecule has 2 N–H and O–H groups in total. The lowest BCUT2D eigenvalue weighted by atomic mass is 9.89. The Kier molecular flexibility index (Phi) is 6.67. The monoisotopic (exact) mass is 296 g/mol. The number of nitrogens with zero attached hydrogens (tertiary/aromatic N) is 1. The van der Waals surface area contributed by atoms with Crippen molar-refractivity contribution < 1.29 is 14.3 Å². The highest BCUT2D eigenvalue weighted by Gasteiger charge is 2.20. The third-order valence-corrected chi connectivity index (χ3v) is 4.02. The van der Waals surface area contributed by atoms with Crippen LogP contribution in [0.25, 0.3) is 0 Å². The van der Waals surface area contributed by atoms with Gasteiger partial charge in [-0.3, -0.25) is 0 Å². The number of oxazole rings is 1. The molecule has 2 rings (SSSR count). The van der Waals surface area contributed by atoms with E-state index in [4.69, 9.17) is 9.15 Å². The Labute approximate surface area is 127 Å². The van der Waals surface area contributed by atoms with Gasteiger partial charge in [0.2, 0.25) is 5.89 Å². The van der Waals surface area contributed by atoms with Gasteiger partial charge in [0.25, 0.3) is 0 Å². The van der Waals surface area contributed by atoms with Gasteiger partial charge in [-0.1, -0.05) is 26.7 Å². The zero-order valence-electron chi connectivity index (χ0n) is 13.2. The third kappa shape index (κ3) is 5.77. The molecule has 0 bridgehead atoms. The van der Waals surface area contributed by atoms with Crippen LogP contribution < -0.4 is 5.32 Å². The Bertz CT molecular complexity index is 408. The number of aryl methyl sites for hydroxylation is 1. The van der Waals surface area contributed by atoms with Crippen molar-refractivity contribution in [2.45, 2.75) is 64.7 Å². The zero-order valence-corrected chi connectivity index (χ0v) is 13.2. The second-order valence-electron chi connectivity index (χ2n) is 6.09. The van der Waals surface area contributed by atoms with Crippen LogP contribution in [-0.4, -0.2) is 35.5 Å². The molecular formula is C16H28N2O3. The van der Waals surface area contributed by atoms with Crippen LogP contribution in [0.4, 0.5) is 0 Å². The minimum atomic E-state index is -0.483. The number of aliphatic hydroxyl groups excluding tert-OH is 1. The van der Waals surface area contributed by atoms with Gasteiger partial charge in [-0.2, -0.15) is 0 Å². The molecule has 3 atom stereocenters. The number of rotatable bonds is 8. The summed E-state index contributed by atoms with van der Waals surface area (Å²) in [5, 5.41) is 13.1. The molecule has 1 fully saturated rings. The molecule has 1 saturated carbocycles. The maximum Gasteiger partial charge on any atom is 0.208 e. The van der Waals surface area contributed by atoms with E-state index in [0.717, 1.165) is 30.9 Å². The number of hydrogen-bond donors (Lipinski definition) is 2. The van der Waals surface area contributed by atoms with E-state index in [1.165, 1.54) is 12.8 Å². The Balaban J connectivity index is 1.57. The fraction of sp³-hybridized carbons (Fsp3) is 0.812. The van der Waals surface area contributed by atoms with Crippen LogP contribution in [0.2, 0.25) is 0 Å². The normalized spacial score (nSPS) is 24.1. The molecule has 5 heteroatoms. The van der Waals surface area contributed by atoms with Crippen molar-refractivity contribution in [1.29, 1.82) is 0 Å². The number of aromatic nitrogens is 1. The summed E-state index contributed by atoms with van der Waals surface area (Å²) in [6.45, 7) is 5.74. The van der Waals surface area contributed by atoms with Crippen molar-refractivity contribution in [2.24, 2.45) is 5.92 Å². The SMILES string of the molecule is CCc1cnc(CNCC(O)COC2CCCC(C)C2)o1. The first-order valence-corrected chi connectivity index (χ1v) is 8.11. The molecule has 0 amide bonds. The Morgan fingerprint density at radius 1 is 1.52 bits per heavy atom. The molecule has 0 spiro atoms. The van der Waals surface area contributed by atoms with Gasteiger partial charge < -0.3 is 19.6 Å². The fourth-order valence-corrected chi connectivity index (χ4v) is 2.77. The average molecular weight is 296 g/mol. The molecule has 0 aromatic carbocycles. The fourth-order valence-electron chi connectivity index (χ4n) is 2.77. The number of nitrogens with one attached hydrogen (secondary N) is 1. The van der Waals surface area contributed by atoms with Crippen LogP contribution in [0.15, 0.2) is 10.6 Å². The predicted octanol–water partition coefficient (Wildman–Crippen LogP) is 2.28. The van der Waals surface area contributed by atoms with Crippen LogP contribution >= 0.6 is 0 Å². The van der Waals surface area contributed by atoms with Crippen LogP contribution in [0.3, 0.4) is 0 Å². The Morgan fingerprint density at radius 3 is 3.10 bits per heavy atom. The Hall–Kier alpha value is -0.910. The topological polar surface area (TPSA) is 67.5 Å². The first-order chi connectivity index (χ1) is 10.2. The van der Waals surface area contributed by atoms with Gasteiger partial charge in [-0.25, -0.2) is 4.98 Å². The van der Waals surface area contributed by atoms with Crippen LogP contribution in [0.5, 0.6) is 0 Å². The lowest BCUT2D eigenvalue weighted by molar-refractivity contribution is -0.0307. The molecule has 0 saturated heterocycles. The molecule has 5 nitrogen and oxygen atoms in total. The Morgan fingerprint density at radius 2 is 2.38 bits per heavy atom. The van der Waals surface area contributed by atoms with Crippen molar-refractivity contribution in [3.63, 3.8) is 0 Å². The van der Waals surface area contributed by atoms with E-state index in [0.29, 0.717) is 31.7 Å². The summed E-state index contributed by atoms with van der Waals surface area (Å²) in [5.74, 6) is 2.31. The molecule has 1 aromatic rings. The van der Waals surface area contributed by atoms with E-state index < -0.39 is 6.10 Å². The lowest BCUT2D eigenvalue weighted by Crippen LogP contribution is -2.33. The first kappa shape index (κ1) is 16.5. The standard InChI is InChI=1S/C16H28N2O3/c1-3-14-9-18-16(21-14)10-17-8-13(19)11-20-15-6-4-5-12(2)7-15/h9,12-13,15,17,19H,3-8,10-11H2,1-2H3. The van der Waals surface area contributed by atoms with E-state index >= 15 is 0 Å². The largest absolute Gasteiger partial charge is 0.444 e. The van der Waals surface area contributed by atoms with Gasteiger partial charge in [0.1, 0.15) is 5.76 Å². The van der Waals surface area contributed by atoms with Gasteiger partial charge in [-0.15, -0.1) is 0 Å². The number of ether oxygens (including phenoxy) is 1. The highest BCUT2D eigenvalue weighted by atomic mass is 16.5. The molecule has 1 aliphatic rings. The molecule has 0 radical (unpaired) electrons. The summed E-state index contributed by atoms with van der Waals surface area (Å²) in [5.41, 5.74) is 0. The molecule has 21 heavy (non-hydrogen) atoms. The van der Waals surface area contributed by atoms with Crippen molar-refractivity contribution in [3.05, 3.63) is 17.8 Å². The molecule has 0 aliphatic heterocycles. The molecule has 1 aromatic heterocycles. The van der Waals surface area contributed by atoms with E-state index in [-0.39, 0.29) is 0 Å². The maximum absolute atomic E-state index is 9.94. The quantitative estimate of drug-likeness (QED) is 0.770. The summed E-state index contributed by atoms with van der Waals surface area (Å²) in [4.78, 5) is 4.17. The summed E-state index contributed by atoms with van der Waals surface area (Å²) >= 11 is 0. The molecule has 3 unspecified atom stereocenters. The van der Waals surface area contributed by atoms with Gasteiger partial charge in [-0.05, 0) is 18.8 Å². The maximum atomic E-state index is 9.94. The number of aliphatic hydroxyl groups is 1. The minimum absolute atomic E-state index is 0.322. The smallest absolute Gasteiger partial charge is 0.208 e. The van der Waals surface area contributed by atoms with E-state index in [9.17, 15) is 5.11 Å². The number of hydrogen-bond acceptors (Lipinski definition) is 5. The van der Waals surface area contributed by atoms with Crippen LogP contribution in [0.1, 0.15) is 51.2 Å². The van der Waals surface area contributed by atoms with Gasteiger partial charge in [0.05, 0.1) is 31.6 Å². The zero-order chi connectivity index (χ0) is 15.1. The minimum Gasteiger partial charge on any atom is -0.444 e. The summed E-state index contributed by atoms with van der Waals surface area (Å²) in [7, 11) is 0. The van der Waals surface area contributed by atoms with Gasteiger partial charge >= 0.3 is 0 Å². The molecule has 1 heterocycles. The van der Waals surface area contributed by atoms with E-state index in [1.807, 2.05) is 6.92 Å². The second kappa shape index (κ2) is 8.51. The van der Waals surface area contributed by atoms with Crippen molar-refractivity contribution >= 4 is 0 Å². The highest BCUT2D eigenvalue weighted by molar-refractivity contribution is 4.93. The van der Waals surface area contributed by atoms with Gasteiger partial charge in [0, 0.05) is 13.0 Å². The van der Waals surface area contributed by atoms with Crippen molar-refractivity contribution in [2.75, 3.05) is 13.2 Å². The third-order valence-electron chi connectivity index (χ3n) is 4.02. The highest BCUT2D eigenvalue weighted by Crippen LogP contribution is 2.25. The first-order valence-electron chi connectivity index (χ1n) is 8.11. The van der Waals surface area contributed by atoms with Gasteiger partial charge in [0.15, 0.2) is 0 Å². The summed E-state index contributed by atoms with van der Waals surface area (Å²) in [6, 6.07) is 0. The van der Waals surface area contributed by atoms with Crippen LogP contribution in [-0.2, 0) is 17.7 Å². The molecular weight excluding hydrogens is 268 g/mol. The summed E-state index contributed by atoms with van der Waals surface area (Å²) in [6.07, 6.45) is 7.23. The van der Waals surface area contributed by atoms with Crippen molar-refractivity contribution in [1.82, 2.24) is 10.3 Å². The second-order valence-corrected chi connectivity index (χ2v) is 6.09. The van der Waals surface area contributed by atoms with Crippen molar-refractivity contribution in [3.8, 4) is 0 Å². The van der Waals surface area contributed by atoms with E-state index in [1.54, 1.807) is 6.20 Å². The predicted molar refractivity (Wildman–Crippen MR) is 81.0 cm³/mol. The lowest BCUT2D eigenvalue weighted by Gasteiger charge is -2.27. The molecule has 1 aliphatic carbocycles. The average Bonchev–Trinajstić information content (AvgIpc) is 2.93. The summed E-state index contributed by atoms with van der Waals surface area (Å²) < 4.78 is 11.3. The van der Waals surface area contributed by atoms with Crippen LogP contribution in [0, 0.1) is 5.92 Å².